The summed E-state index contributed by atoms with van der Waals surface area (Å²) in [5, 5.41) is 13.0. The highest BCUT2D eigenvalue weighted by atomic mass is 16.5. The fourth-order valence-electron chi connectivity index (χ4n) is 4.25. The van der Waals surface area contributed by atoms with Gasteiger partial charge in [-0.3, -0.25) is 0 Å². The van der Waals surface area contributed by atoms with Gasteiger partial charge in [0.05, 0.1) is 24.1 Å². The first kappa shape index (κ1) is 20.4. The van der Waals surface area contributed by atoms with Crippen LogP contribution in [-0.4, -0.2) is 75.4 Å². The topological polar surface area (TPSA) is 119 Å². The Bertz CT molecular complexity index is 1260. The van der Waals surface area contributed by atoms with Gasteiger partial charge in [0, 0.05) is 55.4 Å². The van der Waals surface area contributed by atoms with E-state index < -0.39 is 0 Å². The van der Waals surface area contributed by atoms with Crippen molar-refractivity contribution in [2.45, 2.75) is 19.1 Å². The lowest BCUT2D eigenvalue weighted by molar-refractivity contribution is -0.0627. The molecule has 0 aliphatic carbocycles. The van der Waals surface area contributed by atoms with Crippen molar-refractivity contribution in [3.63, 3.8) is 0 Å². The van der Waals surface area contributed by atoms with Crippen LogP contribution in [0.15, 0.2) is 36.8 Å². The molecule has 5 rings (SSSR count). The van der Waals surface area contributed by atoms with Crippen LogP contribution in [0.5, 0.6) is 0 Å². The lowest BCUT2D eigenvalue weighted by Crippen LogP contribution is -2.47. The summed E-state index contributed by atoms with van der Waals surface area (Å²) in [7, 11) is 3.95. The monoisotopic (exact) mass is 433 g/mol. The lowest BCUT2D eigenvalue weighted by atomic mass is 10.1. The Morgan fingerprint density at radius 2 is 2.06 bits per heavy atom. The Morgan fingerprint density at radius 1 is 1.19 bits per heavy atom. The van der Waals surface area contributed by atoms with Crippen molar-refractivity contribution in [1.82, 2.24) is 29.5 Å². The number of pyridine rings is 3. The lowest BCUT2D eigenvalue weighted by Gasteiger charge is -2.34. The minimum absolute atomic E-state index is 0.146. The van der Waals surface area contributed by atoms with Crippen molar-refractivity contribution < 1.29 is 4.74 Å². The number of fused-ring (bicyclic) bond motifs is 2. The summed E-state index contributed by atoms with van der Waals surface area (Å²) in [5.41, 5.74) is 8.46. The van der Waals surface area contributed by atoms with Crippen LogP contribution in [0.25, 0.3) is 27.8 Å². The summed E-state index contributed by atoms with van der Waals surface area (Å²) in [5.74, 6) is 1.75. The molecule has 32 heavy (non-hydrogen) atoms. The van der Waals surface area contributed by atoms with Gasteiger partial charge in [-0.05, 0) is 32.2 Å². The fraction of sp³-hybridized carbons (Fsp3) is 0.364. The summed E-state index contributed by atoms with van der Waals surface area (Å²) in [6.07, 6.45) is 5.81. The van der Waals surface area contributed by atoms with Gasteiger partial charge < -0.3 is 26.0 Å². The number of aromatic nitrogens is 5. The Morgan fingerprint density at radius 3 is 2.88 bits per heavy atom. The number of hydrogen-bond donors (Lipinski definition) is 3. The molecule has 0 radical (unpaired) electrons. The van der Waals surface area contributed by atoms with Gasteiger partial charge in [-0.15, -0.1) is 5.10 Å². The zero-order valence-electron chi connectivity index (χ0n) is 18.4. The number of rotatable bonds is 5. The maximum atomic E-state index is 6.03. The number of nitrogens with zero attached hydrogens (tertiary/aromatic N) is 6. The third kappa shape index (κ3) is 3.90. The predicted octanol–water partition coefficient (Wildman–Crippen LogP) is 2.09. The largest absolute Gasteiger partial charge is 0.384 e. The van der Waals surface area contributed by atoms with Crippen molar-refractivity contribution in [1.29, 1.82) is 0 Å². The molecule has 1 aliphatic rings. The molecular weight excluding hydrogens is 406 g/mol. The average molecular weight is 434 g/mol. The smallest absolute Gasteiger partial charge is 0.184 e. The van der Waals surface area contributed by atoms with Crippen LogP contribution in [0.3, 0.4) is 0 Å². The summed E-state index contributed by atoms with van der Waals surface area (Å²) in [6.45, 7) is 4.71. The molecule has 1 fully saturated rings. The summed E-state index contributed by atoms with van der Waals surface area (Å²) in [6, 6.07) is 5.78. The number of nitrogens with two attached hydrogens (primary N) is 1. The molecule has 0 spiro atoms. The molecular formula is C22H27N9O. The van der Waals surface area contributed by atoms with Gasteiger partial charge in [0.25, 0.3) is 0 Å². The average Bonchev–Trinajstić information content (AvgIpc) is 3.19. The van der Waals surface area contributed by atoms with E-state index in [9.17, 15) is 0 Å². The summed E-state index contributed by atoms with van der Waals surface area (Å²) in [4.78, 5) is 15.7. The van der Waals surface area contributed by atoms with E-state index in [1.165, 1.54) is 0 Å². The maximum Gasteiger partial charge on any atom is 0.184 e. The highest BCUT2D eigenvalue weighted by Gasteiger charge is 2.22. The van der Waals surface area contributed by atoms with Gasteiger partial charge in [0.1, 0.15) is 11.6 Å². The van der Waals surface area contributed by atoms with Crippen molar-refractivity contribution >= 4 is 33.7 Å². The van der Waals surface area contributed by atoms with Crippen LogP contribution in [0.2, 0.25) is 0 Å². The van der Waals surface area contributed by atoms with Crippen LogP contribution < -0.4 is 16.4 Å². The maximum absolute atomic E-state index is 6.03. The van der Waals surface area contributed by atoms with E-state index >= 15 is 0 Å². The van der Waals surface area contributed by atoms with Gasteiger partial charge in [-0.25, -0.2) is 19.5 Å². The summed E-state index contributed by atoms with van der Waals surface area (Å²) >= 11 is 0. The number of hydrogen-bond acceptors (Lipinski definition) is 9. The third-order valence-corrected chi connectivity index (χ3v) is 5.64. The molecule has 5 heterocycles. The van der Waals surface area contributed by atoms with Gasteiger partial charge in [-0.2, -0.15) is 0 Å². The molecule has 1 saturated heterocycles. The standard InChI is InChI=1S/C22H27N9O/c1-13-10-30(3)12-15(32-13)7-25-14-4-5-20-28-22(29-31(20)11-14)18-9-27-21(24-2)17-8-26-19(23)6-16(17)18/h4-6,8-9,11,13,15,25H,7,10,12H2,1-3H3,(H2,23,26)(H,24,27). The SMILES string of the molecule is CNc1ncc(-c2nc3ccc(NCC4CN(C)CC(C)O4)cn3n2)c2cc(N)ncc12. The van der Waals surface area contributed by atoms with Gasteiger partial charge in [-0.1, -0.05) is 0 Å². The number of likely N-dealkylation sites (N-methyl/N-ethyl adjacent to an activating group) is 1. The zero-order chi connectivity index (χ0) is 22.2. The number of anilines is 3. The Kier molecular flexibility index (Phi) is 5.24. The van der Waals surface area contributed by atoms with E-state index in [-0.39, 0.29) is 12.2 Å². The van der Waals surface area contributed by atoms with Gasteiger partial charge >= 0.3 is 0 Å². The Balaban J connectivity index is 1.43. The molecule has 0 bridgehead atoms. The first-order valence-corrected chi connectivity index (χ1v) is 10.7. The minimum Gasteiger partial charge on any atom is -0.384 e. The zero-order valence-corrected chi connectivity index (χ0v) is 18.4. The normalized spacial score (nSPS) is 19.5. The molecule has 4 aromatic rings. The van der Waals surface area contributed by atoms with Gasteiger partial charge in [0.2, 0.25) is 0 Å². The molecule has 166 valence electrons. The molecule has 0 amide bonds. The van der Waals surface area contributed by atoms with Crippen molar-refractivity contribution in [2.24, 2.45) is 0 Å². The highest BCUT2D eigenvalue weighted by Crippen LogP contribution is 2.30. The molecule has 10 heteroatoms. The van der Waals surface area contributed by atoms with Crippen molar-refractivity contribution in [3.8, 4) is 11.4 Å². The number of morpholine rings is 1. The van der Waals surface area contributed by atoms with E-state index in [1.807, 2.05) is 31.4 Å². The van der Waals surface area contributed by atoms with E-state index in [0.717, 1.165) is 53.1 Å². The molecule has 0 aromatic carbocycles. The first-order valence-electron chi connectivity index (χ1n) is 10.7. The van der Waals surface area contributed by atoms with Crippen LogP contribution >= 0.6 is 0 Å². The fourth-order valence-corrected chi connectivity index (χ4v) is 4.25. The summed E-state index contributed by atoms with van der Waals surface area (Å²) < 4.78 is 7.81. The molecule has 4 N–H and O–H groups in total. The van der Waals surface area contributed by atoms with E-state index in [0.29, 0.717) is 11.6 Å². The van der Waals surface area contributed by atoms with Crippen LogP contribution in [-0.2, 0) is 4.74 Å². The minimum atomic E-state index is 0.146. The van der Waals surface area contributed by atoms with E-state index in [2.05, 4.69) is 39.5 Å². The molecule has 10 nitrogen and oxygen atoms in total. The van der Waals surface area contributed by atoms with Crippen molar-refractivity contribution in [2.75, 3.05) is 50.1 Å². The van der Waals surface area contributed by atoms with Crippen LogP contribution in [0.4, 0.5) is 17.3 Å². The molecule has 2 unspecified atom stereocenters. The quantitative estimate of drug-likeness (QED) is 0.435. The number of nitrogens with one attached hydrogen (secondary N) is 2. The highest BCUT2D eigenvalue weighted by molar-refractivity contribution is 6.01. The number of ether oxygens (including phenoxy) is 1. The molecule has 1 aliphatic heterocycles. The Labute approximate surface area is 185 Å². The van der Waals surface area contributed by atoms with Crippen LogP contribution in [0, 0.1) is 0 Å². The second kappa shape index (κ2) is 8.21. The van der Waals surface area contributed by atoms with Crippen LogP contribution in [0.1, 0.15) is 6.92 Å². The number of nitrogen functional groups attached to an aromatic ring is 1. The molecule has 4 aromatic heterocycles. The van der Waals surface area contributed by atoms with E-state index in [1.54, 1.807) is 16.9 Å². The second-order valence-electron chi connectivity index (χ2n) is 8.25. The first-order chi connectivity index (χ1) is 15.5. The Hall–Kier alpha value is -3.50. The second-order valence-corrected chi connectivity index (χ2v) is 8.25. The van der Waals surface area contributed by atoms with Gasteiger partial charge in [0.15, 0.2) is 11.5 Å². The molecule has 0 saturated carbocycles. The van der Waals surface area contributed by atoms with E-state index in [4.69, 9.17) is 20.6 Å². The molecule has 2 atom stereocenters. The van der Waals surface area contributed by atoms with Crippen molar-refractivity contribution in [3.05, 3.63) is 36.8 Å². The third-order valence-electron chi connectivity index (χ3n) is 5.64. The predicted molar refractivity (Wildman–Crippen MR) is 126 cm³/mol.